The molecule has 0 aliphatic carbocycles. The van der Waals surface area contributed by atoms with Gasteiger partial charge in [-0.2, -0.15) is 0 Å². The summed E-state index contributed by atoms with van der Waals surface area (Å²) in [6.07, 6.45) is 1.05. The number of carbonyl (C=O) groups is 2. The zero-order chi connectivity index (χ0) is 16.7. The normalized spacial score (nSPS) is 10.2. The number of anilines is 1. The predicted molar refractivity (Wildman–Crippen MR) is 92.3 cm³/mol. The zero-order valence-electron chi connectivity index (χ0n) is 13.6. The van der Waals surface area contributed by atoms with Crippen molar-refractivity contribution < 1.29 is 9.59 Å². The van der Waals surface area contributed by atoms with Crippen molar-refractivity contribution in [1.29, 1.82) is 0 Å². The Morgan fingerprint density at radius 3 is 2.22 bits per heavy atom. The first-order valence-corrected chi connectivity index (χ1v) is 7.72. The van der Waals surface area contributed by atoms with Gasteiger partial charge < -0.3 is 10.6 Å². The molecule has 0 spiro atoms. The quantitative estimate of drug-likeness (QED) is 0.862. The third-order valence-corrected chi connectivity index (χ3v) is 3.44. The Bertz CT molecular complexity index is 661. The van der Waals surface area contributed by atoms with Crippen LogP contribution < -0.4 is 10.6 Å². The van der Waals surface area contributed by atoms with Crippen molar-refractivity contribution in [3.8, 4) is 0 Å². The highest BCUT2D eigenvalue weighted by molar-refractivity contribution is 5.94. The summed E-state index contributed by atoms with van der Waals surface area (Å²) < 4.78 is 0. The lowest BCUT2D eigenvalue weighted by molar-refractivity contribution is -0.124. The van der Waals surface area contributed by atoms with E-state index in [9.17, 15) is 9.59 Å². The van der Waals surface area contributed by atoms with Crippen LogP contribution >= 0.6 is 0 Å². The Labute approximate surface area is 136 Å². The zero-order valence-corrected chi connectivity index (χ0v) is 13.6. The molecular formula is C19H22N2O2. The van der Waals surface area contributed by atoms with Crippen molar-refractivity contribution in [2.75, 3.05) is 11.9 Å². The van der Waals surface area contributed by atoms with Crippen LogP contribution in [-0.4, -0.2) is 18.4 Å². The van der Waals surface area contributed by atoms with Crippen molar-refractivity contribution in [3.63, 3.8) is 0 Å². The first kappa shape index (κ1) is 16.7. The number of carbonyl (C=O) groups excluding carboxylic acids is 2. The minimum Gasteiger partial charge on any atom is -0.347 e. The van der Waals surface area contributed by atoms with E-state index in [0.717, 1.165) is 22.4 Å². The van der Waals surface area contributed by atoms with Gasteiger partial charge in [0.05, 0.1) is 6.54 Å². The molecule has 0 aliphatic heterocycles. The first-order chi connectivity index (χ1) is 11.0. The number of nitrogens with one attached hydrogen (secondary N) is 2. The molecule has 0 fully saturated rings. The Kier molecular flexibility index (Phi) is 5.92. The molecule has 0 saturated heterocycles. The first-order valence-electron chi connectivity index (χ1n) is 7.72. The average Bonchev–Trinajstić information content (AvgIpc) is 2.51. The summed E-state index contributed by atoms with van der Waals surface area (Å²) in [6, 6.07) is 15.7. The summed E-state index contributed by atoms with van der Waals surface area (Å²) in [7, 11) is 0. The Morgan fingerprint density at radius 1 is 0.913 bits per heavy atom. The van der Waals surface area contributed by atoms with Crippen LogP contribution in [0.2, 0.25) is 0 Å². The van der Waals surface area contributed by atoms with Crippen LogP contribution in [-0.2, 0) is 16.0 Å². The Hall–Kier alpha value is -2.62. The van der Waals surface area contributed by atoms with Crippen LogP contribution in [0.25, 0.3) is 0 Å². The highest BCUT2D eigenvalue weighted by atomic mass is 16.2. The van der Waals surface area contributed by atoms with Gasteiger partial charge in [-0.3, -0.25) is 9.59 Å². The average molecular weight is 310 g/mol. The monoisotopic (exact) mass is 310 g/mol. The maximum atomic E-state index is 11.9. The third kappa shape index (κ3) is 5.94. The molecule has 0 atom stereocenters. The fourth-order valence-electron chi connectivity index (χ4n) is 2.42. The maximum absolute atomic E-state index is 11.9. The molecule has 2 rings (SSSR count). The van der Waals surface area contributed by atoms with E-state index in [1.807, 2.05) is 62.4 Å². The molecule has 2 amide bonds. The lowest BCUT2D eigenvalue weighted by Crippen LogP contribution is -2.33. The fraction of sp³-hybridized carbons (Fsp3) is 0.263. The summed E-state index contributed by atoms with van der Waals surface area (Å²) in [6.45, 7) is 3.95. The molecule has 0 bridgehead atoms. The molecule has 4 nitrogen and oxygen atoms in total. The largest absolute Gasteiger partial charge is 0.347 e. The van der Waals surface area contributed by atoms with Gasteiger partial charge in [0.1, 0.15) is 0 Å². The van der Waals surface area contributed by atoms with E-state index in [4.69, 9.17) is 0 Å². The van der Waals surface area contributed by atoms with Gasteiger partial charge in [-0.1, -0.05) is 36.4 Å². The second-order valence-electron chi connectivity index (χ2n) is 5.69. The van der Waals surface area contributed by atoms with Crippen molar-refractivity contribution in [1.82, 2.24) is 5.32 Å². The second kappa shape index (κ2) is 8.13. The molecule has 2 aromatic rings. The smallest absolute Gasteiger partial charge is 0.243 e. The van der Waals surface area contributed by atoms with Crippen LogP contribution in [0, 0.1) is 13.8 Å². The van der Waals surface area contributed by atoms with E-state index >= 15 is 0 Å². The molecule has 0 aromatic heterocycles. The van der Waals surface area contributed by atoms with Gasteiger partial charge >= 0.3 is 0 Å². The van der Waals surface area contributed by atoms with Crippen LogP contribution in [0.1, 0.15) is 23.1 Å². The number of aryl methyl sites for hydroxylation is 3. The standard InChI is InChI=1S/C19H22N2O2/c1-14-10-15(2)12-17(11-14)21-19(23)13-20-18(22)9-8-16-6-4-3-5-7-16/h3-7,10-12H,8-9,13H2,1-2H3,(H,20,22)(H,21,23). The molecule has 2 aromatic carbocycles. The van der Waals surface area contributed by atoms with E-state index < -0.39 is 0 Å². The molecule has 0 aliphatic rings. The fourth-order valence-corrected chi connectivity index (χ4v) is 2.42. The molecule has 0 saturated carbocycles. The van der Waals surface area contributed by atoms with E-state index in [0.29, 0.717) is 12.8 Å². The van der Waals surface area contributed by atoms with Gasteiger partial charge in [0.25, 0.3) is 0 Å². The number of hydrogen-bond acceptors (Lipinski definition) is 2. The Balaban J connectivity index is 1.74. The summed E-state index contributed by atoms with van der Waals surface area (Å²) in [4.78, 5) is 23.7. The molecule has 23 heavy (non-hydrogen) atoms. The van der Waals surface area contributed by atoms with Gasteiger partial charge in [-0.05, 0) is 49.1 Å². The SMILES string of the molecule is Cc1cc(C)cc(NC(=O)CNC(=O)CCc2ccccc2)c1. The Morgan fingerprint density at radius 2 is 1.57 bits per heavy atom. The van der Waals surface area contributed by atoms with Crippen molar-refractivity contribution in [2.24, 2.45) is 0 Å². The van der Waals surface area contributed by atoms with Gasteiger partial charge in [0, 0.05) is 12.1 Å². The molecular weight excluding hydrogens is 288 g/mol. The van der Waals surface area contributed by atoms with Crippen LogP contribution in [0.5, 0.6) is 0 Å². The molecule has 0 unspecified atom stereocenters. The van der Waals surface area contributed by atoms with Crippen LogP contribution in [0.15, 0.2) is 48.5 Å². The van der Waals surface area contributed by atoms with Gasteiger partial charge in [-0.15, -0.1) is 0 Å². The lowest BCUT2D eigenvalue weighted by Gasteiger charge is -2.09. The van der Waals surface area contributed by atoms with Crippen molar-refractivity contribution in [2.45, 2.75) is 26.7 Å². The summed E-state index contributed by atoms with van der Waals surface area (Å²) in [5.74, 6) is -0.340. The topological polar surface area (TPSA) is 58.2 Å². The van der Waals surface area contributed by atoms with E-state index in [1.54, 1.807) is 0 Å². The van der Waals surface area contributed by atoms with Crippen LogP contribution in [0.3, 0.4) is 0 Å². The lowest BCUT2D eigenvalue weighted by atomic mass is 10.1. The van der Waals surface area contributed by atoms with E-state index in [1.165, 1.54) is 0 Å². The number of amides is 2. The highest BCUT2D eigenvalue weighted by Crippen LogP contribution is 2.13. The van der Waals surface area contributed by atoms with E-state index in [-0.39, 0.29) is 18.4 Å². The molecule has 2 N–H and O–H groups in total. The van der Waals surface area contributed by atoms with E-state index in [2.05, 4.69) is 10.6 Å². The third-order valence-electron chi connectivity index (χ3n) is 3.44. The minimum absolute atomic E-state index is 0.0133. The number of hydrogen-bond donors (Lipinski definition) is 2. The van der Waals surface area contributed by atoms with Gasteiger partial charge in [0.15, 0.2) is 0 Å². The molecule has 120 valence electrons. The molecule has 0 radical (unpaired) electrons. The second-order valence-corrected chi connectivity index (χ2v) is 5.69. The summed E-state index contributed by atoms with van der Waals surface area (Å²) >= 11 is 0. The van der Waals surface area contributed by atoms with Crippen molar-refractivity contribution >= 4 is 17.5 Å². The number of benzene rings is 2. The highest BCUT2D eigenvalue weighted by Gasteiger charge is 2.07. The van der Waals surface area contributed by atoms with Gasteiger partial charge in [0.2, 0.25) is 11.8 Å². The van der Waals surface area contributed by atoms with Gasteiger partial charge in [-0.25, -0.2) is 0 Å². The summed E-state index contributed by atoms with van der Waals surface area (Å²) in [5.41, 5.74) is 4.05. The predicted octanol–water partition coefficient (Wildman–Crippen LogP) is 2.99. The van der Waals surface area contributed by atoms with Crippen LogP contribution in [0.4, 0.5) is 5.69 Å². The maximum Gasteiger partial charge on any atom is 0.243 e. The summed E-state index contributed by atoms with van der Waals surface area (Å²) in [5, 5.41) is 5.45. The minimum atomic E-state index is -0.219. The molecule has 4 heteroatoms. The number of rotatable bonds is 6. The van der Waals surface area contributed by atoms with Crippen molar-refractivity contribution in [3.05, 3.63) is 65.2 Å². The molecule has 0 heterocycles.